The van der Waals surface area contributed by atoms with Gasteiger partial charge in [0.2, 0.25) is 11.7 Å². The summed E-state index contributed by atoms with van der Waals surface area (Å²) in [6.45, 7) is -0.283. The molecule has 108 valence electrons. The number of nitrogens with zero attached hydrogens (tertiary/aromatic N) is 2. The van der Waals surface area contributed by atoms with Crippen molar-refractivity contribution in [2.75, 3.05) is 20.8 Å². The zero-order valence-electron chi connectivity index (χ0n) is 11.0. The second kappa shape index (κ2) is 6.08. The van der Waals surface area contributed by atoms with E-state index in [1.807, 2.05) is 0 Å². The van der Waals surface area contributed by atoms with Crippen LogP contribution in [-0.4, -0.2) is 36.1 Å². The fraction of sp³-hybridized carbons (Fsp3) is 0.333. The molecular formula is C12H14ClN3O4. The van der Waals surface area contributed by atoms with Crippen LogP contribution in [-0.2, 0) is 0 Å². The summed E-state index contributed by atoms with van der Waals surface area (Å²) in [5.74, 6) is 1.32. The van der Waals surface area contributed by atoms with Crippen LogP contribution < -0.4 is 15.2 Å². The molecule has 7 nitrogen and oxygen atoms in total. The van der Waals surface area contributed by atoms with Gasteiger partial charge in [-0.05, 0) is 12.1 Å². The molecule has 0 radical (unpaired) electrons. The lowest BCUT2D eigenvalue weighted by Gasteiger charge is -2.10. The van der Waals surface area contributed by atoms with E-state index in [9.17, 15) is 0 Å². The lowest BCUT2D eigenvalue weighted by atomic mass is 10.2. The van der Waals surface area contributed by atoms with Crippen LogP contribution in [0.3, 0.4) is 0 Å². The Bertz CT molecular complexity index is 602. The number of rotatable bonds is 5. The van der Waals surface area contributed by atoms with E-state index < -0.39 is 6.04 Å². The summed E-state index contributed by atoms with van der Waals surface area (Å²) < 4.78 is 15.3. The molecule has 8 heteroatoms. The molecule has 0 aliphatic heterocycles. The number of aromatic nitrogens is 2. The topological polar surface area (TPSA) is 104 Å². The standard InChI is InChI=1S/C12H14ClN3O4/c1-18-9-4-6(3-7(13)10(9)19-2)11-15-12(20-16-11)8(14)5-17/h3-4,8,17H,5,14H2,1-2H3/t8-/m0/s1. The molecule has 0 amide bonds. The van der Waals surface area contributed by atoms with E-state index in [0.29, 0.717) is 27.9 Å². The molecular weight excluding hydrogens is 286 g/mol. The molecule has 0 aliphatic rings. The summed E-state index contributed by atoms with van der Waals surface area (Å²) in [7, 11) is 3.00. The molecule has 0 spiro atoms. The maximum Gasteiger partial charge on any atom is 0.246 e. The van der Waals surface area contributed by atoms with Gasteiger partial charge in [-0.2, -0.15) is 4.98 Å². The predicted octanol–water partition coefficient (Wildman–Crippen LogP) is 1.40. The third-order valence-electron chi connectivity index (χ3n) is 2.65. The van der Waals surface area contributed by atoms with Gasteiger partial charge in [-0.3, -0.25) is 0 Å². The molecule has 20 heavy (non-hydrogen) atoms. The van der Waals surface area contributed by atoms with Crippen molar-refractivity contribution >= 4 is 11.6 Å². The SMILES string of the molecule is COc1cc(-c2noc([C@@H](N)CO)n2)cc(Cl)c1OC. The fourth-order valence-electron chi connectivity index (χ4n) is 1.63. The van der Waals surface area contributed by atoms with Crippen LogP contribution in [0.1, 0.15) is 11.9 Å². The van der Waals surface area contributed by atoms with Crippen LogP contribution in [0.5, 0.6) is 11.5 Å². The second-order valence-corrected chi connectivity index (χ2v) is 4.35. The maximum atomic E-state index is 8.95. The normalized spacial score (nSPS) is 12.2. The largest absolute Gasteiger partial charge is 0.493 e. The molecule has 3 N–H and O–H groups in total. The van der Waals surface area contributed by atoms with Crippen LogP contribution in [0.2, 0.25) is 5.02 Å². The summed E-state index contributed by atoms with van der Waals surface area (Å²) >= 11 is 6.10. The van der Waals surface area contributed by atoms with Crippen molar-refractivity contribution in [1.29, 1.82) is 0 Å². The Kier molecular flexibility index (Phi) is 4.43. The van der Waals surface area contributed by atoms with Gasteiger partial charge in [0.05, 0.1) is 25.8 Å². The molecule has 2 aromatic rings. The molecule has 1 aromatic carbocycles. The van der Waals surface area contributed by atoms with Gasteiger partial charge in [0, 0.05) is 5.56 Å². The predicted molar refractivity (Wildman–Crippen MR) is 71.9 cm³/mol. The number of methoxy groups -OCH3 is 2. The fourth-order valence-corrected chi connectivity index (χ4v) is 1.92. The van der Waals surface area contributed by atoms with Crippen LogP contribution in [0, 0.1) is 0 Å². The Hall–Kier alpha value is -1.83. The zero-order valence-corrected chi connectivity index (χ0v) is 11.7. The minimum absolute atomic E-state index is 0.147. The third kappa shape index (κ3) is 2.69. The monoisotopic (exact) mass is 299 g/mol. The van der Waals surface area contributed by atoms with E-state index in [2.05, 4.69) is 10.1 Å². The van der Waals surface area contributed by atoms with Gasteiger partial charge < -0.3 is 24.8 Å². The van der Waals surface area contributed by atoms with E-state index >= 15 is 0 Å². The highest BCUT2D eigenvalue weighted by Gasteiger charge is 2.18. The maximum absolute atomic E-state index is 8.95. The first-order valence-electron chi connectivity index (χ1n) is 5.72. The van der Waals surface area contributed by atoms with E-state index in [1.165, 1.54) is 14.2 Å². The first-order valence-corrected chi connectivity index (χ1v) is 6.10. The van der Waals surface area contributed by atoms with Crippen molar-refractivity contribution in [3.05, 3.63) is 23.0 Å². The van der Waals surface area contributed by atoms with Gasteiger partial charge in [-0.1, -0.05) is 16.8 Å². The van der Waals surface area contributed by atoms with Crippen molar-refractivity contribution in [1.82, 2.24) is 10.1 Å². The smallest absolute Gasteiger partial charge is 0.246 e. The summed E-state index contributed by atoms with van der Waals surface area (Å²) in [4.78, 5) is 4.11. The van der Waals surface area contributed by atoms with Gasteiger partial charge >= 0.3 is 0 Å². The molecule has 1 aromatic heterocycles. The number of nitrogens with two attached hydrogens (primary N) is 1. The molecule has 1 heterocycles. The minimum Gasteiger partial charge on any atom is -0.493 e. The van der Waals surface area contributed by atoms with Gasteiger partial charge in [-0.25, -0.2) is 0 Å². The van der Waals surface area contributed by atoms with Crippen molar-refractivity contribution in [3.8, 4) is 22.9 Å². The van der Waals surface area contributed by atoms with Gasteiger partial charge in [0.15, 0.2) is 11.5 Å². The summed E-state index contributed by atoms with van der Waals surface area (Å²) in [5.41, 5.74) is 6.19. The molecule has 0 bridgehead atoms. The number of hydrogen-bond acceptors (Lipinski definition) is 7. The van der Waals surface area contributed by atoms with Crippen LogP contribution >= 0.6 is 11.6 Å². The number of benzene rings is 1. The summed E-state index contributed by atoms with van der Waals surface area (Å²) in [5, 5.41) is 13.1. The molecule has 0 aliphatic carbocycles. The Morgan fingerprint density at radius 3 is 2.75 bits per heavy atom. The van der Waals surface area contributed by atoms with E-state index in [0.717, 1.165) is 0 Å². The Morgan fingerprint density at radius 2 is 2.15 bits per heavy atom. The highest BCUT2D eigenvalue weighted by atomic mass is 35.5. The van der Waals surface area contributed by atoms with Gasteiger partial charge in [-0.15, -0.1) is 0 Å². The average Bonchev–Trinajstić information content (AvgIpc) is 2.95. The Labute approximate surface area is 120 Å². The highest BCUT2D eigenvalue weighted by molar-refractivity contribution is 6.32. The minimum atomic E-state index is -0.716. The molecule has 0 unspecified atom stereocenters. The van der Waals surface area contributed by atoms with Crippen molar-refractivity contribution < 1.29 is 19.1 Å². The molecule has 0 fully saturated rings. The van der Waals surface area contributed by atoms with E-state index in [1.54, 1.807) is 12.1 Å². The van der Waals surface area contributed by atoms with E-state index in [4.69, 9.17) is 36.4 Å². The molecule has 2 rings (SSSR count). The lowest BCUT2D eigenvalue weighted by molar-refractivity contribution is 0.237. The average molecular weight is 300 g/mol. The lowest BCUT2D eigenvalue weighted by Crippen LogP contribution is -2.14. The molecule has 1 atom stereocenters. The Balaban J connectivity index is 2.42. The van der Waals surface area contributed by atoms with Gasteiger partial charge in [0.25, 0.3) is 0 Å². The van der Waals surface area contributed by atoms with Gasteiger partial charge in [0.1, 0.15) is 6.04 Å². The zero-order chi connectivity index (χ0) is 14.7. The number of aliphatic hydroxyl groups excluding tert-OH is 1. The summed E-state index contributed by atoms with van der Waals surface area (Å²) in [6.07, 6.45) is 0. The summed E-state index contributed by atoms with van der Waals surface area (Å²) in [6, 6.07) is 2.58. The first kappa shape index (κ1) is 14.6. The van der Waals surface area contributed by atoms with E-state index in [-0.39, 0.29) is 12.5 Å². The quantitative estimate of drug-likeness (QED) is 0.860. The number of aliphatic hydroxyl groups is 1. The number of halogens is 1. The Morgan fingerprint density at radius 1 is 1.40 bits per heavy atom. The van der Waals surface area contributed by atoms with Crippen LogP contribution in [0.15, 0.2) is 16.7 Å². The van der Waals surface area contributed by atoms with Crippen LogP contribution in [0.4, 0.5) is 0 Å². The van der Waals surface area contributed by atoms with Crippen molar-refractivity contribution in [2.45, 2.75) is 6.04 Å². The van der Waals surface area contributed by atoms with Crippen molar-refractivity contribution in [3.63, 3.8) is 0 Å². The molecule has 0 saturated heterocycles. The second-order valence-electron chi connectivity index (χ2n) is 3.94. The third-order valence-corrected chi connectivity index (χ3v) is 2.93. The van der Waals surface area contributed by atoms with Crippen molar-refractivity contribution in [2.24, 2.45) is 5.73 Å². The number of ether oxygens (including phenoxy) is 2. The number of hydrogen-bond donors (Lipinski definition) is 2. The molecule has 0 saturated carbocycles. The first-order chi connectivity index (χ1) is 9.60. The highest BCUT2D eigenvalue weighted by Crippen LogP contribution is 2.38. The van der Waals surface area contributed by atoms with Crippen LogP contribution in [0.25, 0.3) is 11.4 Å².